The van der Waals surface area contributed by atoms with Crippen molar-refractivity contribution < 1.29 is 4.79 Å². The zero-order valence-electron chi connectivity index (χ0n) is 11.2. The van der Waals surface area contributed by atoms with Crippen LogP contribution in [-0.4, -0.2) is 5.91 Å². The lowest BCUT2D eigenvalue weighted by atomic mass is 10.2. The molecule has 2 aromatic rings. The molecule has 0 fully saturated rings. The highest BCUT2D eigenvalue weighted by molar-refractivity contribution is 9.10. The molecule has 0 aliphatic rings. The van der Waals surface area contributed by atoms with Gasteiger partial charge in [-0.1, -0.05) is 35.3 Å². The molecule has 21 heavy (non-hydrogen) atoms. The molecule has 0 radical (unpaired) electrons. The van der Waals surface area contributed by atoms with E-state index in [0.29, 0.717) is 10.0 Å². The highest BCUT2D eigenvalue weighted by Gasteiger charge is 2.03. The van der Waals surface area contributed by atoms with E-state index in [1.165, 1.54) is 6.08 Å². The lowest BCUT2D eigenvalue weighted by Crippen LogP contribution is -2.08. The van der Waals surface area contributed by atoms with Crippen LogP contribution in [0.15, 0.2) is 46.9 Å². The summed E-state index contributed by atoms with van der Waals surface area (Å²) in [4.78, 5) is 11.9. The largest absolute Gasteiger partial charge is 0.321 e. The first-order valence-electron chi connectivity index (χ1n) is 6.16. The minimum atomic E-state index is -0.231. The molecule has 0 bridgehead atoms. The molecule has 0 saturated carbocycles. The summed E-state index contributed by atoms with van der Waals surface area (Å²) in [7, 11) is 0. The number of nitrogens with one attached hydrogen (secondary N) is 1. The molecule has 2 nitrogen and oxygen atoms in total. The van der Waals surface area contributed by atoms with Crippen LogP contribution in [0.1, 0.15) is 11.1 Å². The van der Waals surface area contributed by atoms with Crippen molar-refractivity contribution in [3.8, 4) is 0 Å². The maximum atomic E-state index is 11.9. The summed E-state index contributed by atoms with van der Waals surface area (Å²) in [5.74, 6) is -0.231. The molecule has 5 heteroatoms. The summed E-state index contributed by atoms with van der Waals surface area (Å²) in [6, 6.07) is 10.8. The Morgan fingerprint density at radius 2 is 1.95 bits per heavy atom. The van der Waals surface area contributed by atoms with E-state index in [4.69, 9.17) is 23.2 Å². The molecule has 2 rings (SSSR count). The number of benzene rings is 2. The number of anilines is 1. The minimum Gasteiger partial charge on any atom is -0.321 e. The van der Waals surface area contributed by atoms with E-state index >= 15 is 0 Å². The van der Waals surface area contributed by atoms with Crippen LogP contribution in [0, 0.1) is 6.92 Å². The molecule has 0 saturated heterocycles. The third-order valence-electron chi connectivity index (χ3n) is 2.76. The second-order valence-corrected chi connectivity index (χ2v) is 6.17. The number of halogens is 3. The Morgan fingerprint density at radius 1 is 1.19 bits per heavy atom. The van der Waals surface area contributed by atoms with Crippen molar-refractivity contribution in [2.45, 2.75) is 6.92 Å². The summed E-state index contributed by atoms with van der Waals surface area (Å²) in [6.07, 6.45) is 3.08. The Bertz CT molecular complexity index is 713. The monoisotopic (exact) mass is 383 g/mol. The van der Waals surface area contributed by atoms with Crippen LogP contribution >= 0.6 is 39.1 Å². The van der Waals surface area contributed by atoms with E-state index in [0.717, 1.165) is 21.3 Å². The van der Waals surface area contributed by atoms with E-state index in [1.807, 2.05) is 25.1 Å². The normalized spacial score (nSPS) is 10.9. The standard InChI is InChI=1S/C16H12BrCl2NO/c1-10-2-6-15(13(17)8-10)20-16(21)7-4-11-3-5-12(18)9-14(11)19/h2-9H,1H3,(H,20,21). The molecule has 108 valence electrons. The predicted octanol–water partition coefficient (Wildman–Crippen LogP) is 5.72. The lowest BCUT2D eigenvalue weighted by molar-refractivity contribution is -0.111. The molecular formula is C16H12BrCl2NO. The number of aryl methyl sites for hydroxylation is 1. The van der Waals surface area contributed by atoms with Gasteiger partial charge in [0.2, 0.25) is 5.91 Å². The number of carbonyl (C=O) groups is 1. The molecule has 0 aliphatic carbocycles. The van der Waals surface area contributed by atoms with Crippen LogP contribution in [-0.2, 0) is 4.79 Å². The predicted molar refractivity (Wildman–Crippen MR) is 93.0 cm³/mol. The fraction of sp³-hybridized carbons (Fsp3) is 0.0625. The van der Waals surface area contributed by atoms with E-state index in [1.54, 1.807) is 24.3 Å². The molecular weight excluding hydrogens is 373 g/mol. The van der Waals surface area contributed by atoms with Gasteiger partial charge in [-0.25, -0.2) is 0 Å². The second kappa shape index (κ2) is 7.12. The number of hydrogen-bond donors (Lipinski definition) is 1. The zero-order chi connectivity index (χ0) is 15.4. The van der Waals surface area contributed by atoms with Crippen molar-refractivity contribution in [2.24, 2.45) is 0 Å². The fourth-order valence-corrected chi connectivity index (χ4v) is 2.76. The number of rotatable bonds is 3. The first-order chi connectivity index (χ1) is 9.95. The number of carbonyl (C=O) groups excluding carboxylic acids is 1. The van der Waals surface area contributed by atoms with Crippen molar-refractivity contribution in [3.05, 3.63) is 68.1 Å². The number of hydrogen-bond acceptors (Lipinski definition) is 1. The third kappa shape index (κ3) is 4.60. The van der Waals surface area contributed by atoms with Gasteiger partial charge in [0.05, 0.1) is 5.69 Å². The van der Waals surface area contributed by atoms with Crippen molar-refractivity contribution in [2.75, 3.05) is 5.32 Å². The Kier molecular flexibility index (Phi) is 5.45. The van der Waals surface area contributed by atoms with Gasteiger partial charge in [0.15, 0.2) is 0 Å². The summed E-state index contributed by atoms with van der Waals surface area (Å²) < 4.78 is 0.841. The van der Waals surface area contributed by atoms with E-state index in [9.17, 15) is 4.79 Å². The third-order valence-corrected chi connectivity index (χ3v) is 3.98. The smallest absolute Gasteiger partial charge is 0.248 e. The summed E-state index contributed by atoms with van der Waals surface area (Å²) >= 11 is 15.3. The maximum absolute atomic E-state index is 11.9. The van der Waals surface area contributed by atoms with Gasteiger partial charge in [0.25, 0.3) is 0 Å². The molecule has 0 unspecified atom stereocenters. The Morgan fingerprint density at radius 3 is 2.62 bits per heavy atom. The second-order valence-electron chi connectivity index (χ2n) is 4.47. The average Bonchev–Trinajstić information content (AvgIpc) is 2.41. The van der Waals surface area contributed by atoms with Crippen LogP contribution in [0.5, 0.6) is 0 Å². The highest BCUT2D eigenvalue weighted by Crippen LogP contribution is 2.24. The summed E-state index contributed by atoms with van der Waals surface area (Å²) in [5.41, 5.74) is 2.57. The quantitative estimate of drug-likeness (QED) is 0.674. The minimum absolute atomic E-state index is 0.231. The topological polar surface area (TPSA) is 29.1 Å². The van der Waals surface area contributed by atoms with Crippen molar-refractivity contribution in [3.63, 3.8) is 0 Å². The summed E-state index contributed by atoms with van der Waals surface area (Å²) in [5, 5.41) is 3.86. The van der Waals surface area contributed by atoms with Crippen LogP contribution in [0.3, 0.4) is 0 Å². The average molecular weight is 385 g/mol. The van der Waals surface area contributed by atoms with Gasteiger partial charge in [0, 0.05) is 20.6 Å². The maximum Gasteiger partial charge on any atom is 0.248 e. The molecule has 0 spiro atoms. The van der Waals surface area contributed by atoms with Crippen molar-refractivity contribution >= 4 is 56.8 Å². The first-order valence-corrected chi connectivity index (χ1v) is 7.71. The van der Waals surface area contributed by atoms with Crippen LogP contribution in [0.4, 0.5) is 5.69 Å². The van der Waals surface area contributed by atoms with Gasteiger partial charge >= 0.3 is 0 Å². The molecule has 1 amide bonds. The fourth-order valence-electron chi connectivity index (χ4n) is 1.70. The number of amides is 1. The lowest BCUT2D eigenvalue weighted by Gasteiger charge is -2.06. The molecule has 0 heterocycles. The zero-order valence-corrected chi connectivity index (χ0v) is 14.3. The Labute approximate surface area is 141 Å². The first kappa shape index (κ1) is 16.1. The van der Waals surface area contributed by atoms with Crippen LogP contribution < -0.4 is 5.32 Å². The SMILES string of the molecule is Cc1ccc(NC(=O)C=Cc2ccc(Cl)cc2Cl)c(Br)c1. The van der Waals surface area contributed by atoms with E-state index < -0.39 is 0 Å². The molecule has 1 N–H and O–H groups in total. The van der Waals surface area contributed by atoms with Crippen molar-refractivity contribution in [1.29, 1.82) is 0 Å². The van der Waals surface area contributed by atoms with Gasteiger partial charge in [-0.3, -0.25) is 4.79 Å². The molecule has 2 aromatic carbocycles. The van der Waals surface area contributed by atoms with Gasteiger partial charge in [-0.15, -0.1) is 0 Å². The molecule has 0 aromatic heterocycles. The molecule has 0 atom stereocenters. The highest BCUT2D eigenvalue weighted by atomic mass is 79.9. The summed E-state index contributed by atoms with van der Waals surface area (Å²) in [6.45, 7) is 1.98. The van der Waals surface area contributed by atoms with E-state index in [-0.39, 0.29) is 5.91 Å². The van der Waals surface area contributed by atoms with Gasteiger partial charge < -0.3 is 5.32 Å². The van der Waals surface area contributed by atoms with Crippen LogP contribution in [0.2, 0.25) is 10.0 Å². The molecule has 0 aliphatic heterocycles. The Hall–Kier alpha value is -1.29. The van der Waals surface area contributed by atoms with Gasteiger partial charge in [0.1, 0.15) is 0 Å². The van der Waals surface area contributed by atoms with Crippen molar-refractivity contribution in [1.82, 2.24) is 0 Å². The van der Waals surface area contributed by atoms with E-state index in [2.05, 4.69) is 21.2 Å². The van der Waals surface area contributed by atoms with Gasteiger partial charge in [-0.2, -0.15) is 0 Å². The van der Waals surface area contributed by atoms with Crippen LogP contribution in [0.25, 0.3) is 6.08 Å². The van der Waals surface area contributed by atoms with Gasteiger partial charge in [-0.05, 0) is 64.3 Å². The Balaban J connectivity index is 2.09.